The van der Waals surface area contributed by atoms with Gasteiger partial charge >= 0.3 is 0 Å². The van der Waals surface area contributed by atoms with E-state index in [2.05, 4.69) is 30.2 Å². The van der Waals surface area contributed by atoms with Crippen LogP contribution in [0.4, 0.5) is 0 Å². The highest BCUT2D eigenvalue weighted by Crippen LogP contribution is 2.34. The van der Waals surface area contributed by atoms with Crippen molar-refractivity contribution in [3.63, 3.8) is 0 Å². The molecule has 184 valence electrons. The van der Waals surface area contributed by atoms with Gasteiger partial charge in [-0.25, -0.2) is 4.68 Å². The first kappa shape index (κ1) is 26.0. The van der Waals surface area contributed by atoms with Gasteiger partial charge in [-0.15, -0.1) is 16.7 Å². The number of aliphatic hydroxyl groups excluding tert-OH is 2. The number of rotatable bonds is 12. The van der Waals surface area contributed by atoms with Crippen LogP contribution >= 0.6 is 11.6 Å². The van der Waals surface area contributed by atoms with Crippen LogP contribution in [0.3, 0.4) is 0 Å². The van der Waals surface area contributed by atoms with E-state index in [9.17, 15) is 10.2 Å². The monoisotopic (exact) mass is 490 g/mol. The second-order valence-corrected chi connectivity index (χ2v) is 9.13. The second kappa shape index (κ2) is 11.7. The van der Waals surface area contributed by atoms with Crippen molar-refractivity contribution in [2.75, 3.05) is 19.1 Å². The number of aliphatic hydroxyl groups is 2. The Labute approximate surface area is 204 Å². The number of alkyl halides is 1. The third-order valence-electron chi connectivity index (χ3n) is 5.78. The van der Waals surface area contributed by atoms with Crippen LogP contribution < -0.4 is 9.47 Å². The fourth-order valence-corrected chi connectivity index (χ4v) is 3.66. The van der Waals surface area contributed by atoms with Gasteiger partial charge in [0.2, 0.25) is 6.10 Å². The lowest BCUT2D eigenvalue weighted by molar-refractivity contribution is 0.0866. The lowest BCUT2D eigenvalue weighted by Crippen LogP contribution is -2.25. The average molecular weight is 491 g/mol. The van der Waals surface area contributed by atoms with Gasteiger partial charge in [-0.1, -0.05) is 43.3 Å². The SMILES string of the molecule is Cc1cc(C(C)(C)c2ccc(OCC(O)Cn3nncc3CO)cc2)ccc1OCC([OH2+])CCl. The molecule has 0 bridgehead atoms. The highest BCUT2D eigenvalue weighted by molar-refractivity contribution is 6.18. The van der Waals surface area contributed by atoms with Gasteiger partial charge in [0.15, 0.2) is 6.61 Å². The molecule has 0 radical (unpaired) electrons. The highest BCUT2D eigenvalue weighted by Gasteiger charge is 2.24. The van der Waals surface area contributed by atoms with E-state index < -0.39 is 12.2 Å². The Balaban J connectivity index is 1.61. The molecule has 0 aliphatic heterocycles. The summed E-state index contributed by atoms with van der Waals surface area (Å²) in [5, 5.41) is 34.8. The van der Waals surface area contributed by atoms with Gasteiger partial charge in [0.25, 0.3) is 0 Å². The van der Waals surface area contributed by atoms with Crippen LogP contribution in [0.25, 0.3) is 0 Å². The fraction of sp³-hybridized carbons (Fsp3) is 0.440. The lowest BCUT2D eigenvalue weighted by atomic mass is 9.77. The van der Waals surface area contributed by atoms with Gasteiger partial charge in [-0.2, -0.15) is 0 Å². The Morgan fingerprint density at radius 1 is 1.09 bits per heavy atom. The molecule has 0 saturated carbocycles. The fourth-order valence-electron chi connectivity index (χ4n) is 3.57. The molecule has 2 unspecified atom stereocenters. The summed E-state index contributed by atoms with van der Waals surface area (Å²) in [4.78, 5) is 0. The molecule has 3 aromatic rings. The number of halogens is 1. The van der Waals surface area contributed by atoms with E-state index in [1.54, 1.807) is 0 Å². The number of aryl methyl sites for hydroxylation is 1. The molecule has 0 aliphatic rings. The summed E-state index contributed by atoms with van der Waals surface area (Å²) in [7, 11) is 0. The zero-order valence-electron chi connectivity index (χ0n) is 19.7. The summed E-state index contributed by atoms with van der Waals surface area (Å²) in [6.07, 6.45) is 0.228. The lowest BCUT2D eigenvalue weighted by Gasteiger charge is -2.27. The molecule has 3 rings (SSSR count). The van der Waals surface area contributed by atoms with E-state index in [0.29, 0.717) is 11.4 Å². The van der Waals surface area contributed by atoms with Crippen molar-refractivity contribution < 1.29 is 24.8 Å². The molecule has 1 aromatic heterocycles. The number of hydrogen-bond acceptors (Lipinski definition) is 6. The van der Waals surface area contributed by atoms with Crippen LogP contribution in [-0.4, -0.2) is 61.6 Å². The van der Waals surface area contributed by atoms with E-state index in [-0.39, 0.29) is 37.7 Å². The van der Waals surface area contributed by atoms with Crippen molar-refractivity contribution in [3.05, 3.63) is 71.0 Å². The number of nitrogens with zero attached hydrogens (tertiary/aromatic N) is 3. The minimum atomic E-state index is -0.790. The van der Waals surface area contributed by atoms with Crippen molar-refractivity contribution in [2.45, 2.75) is 51.5 Å². The quantitative estimate of drug-likeness (QED) is 0.298. The summed E-state index contributed by atoms with van der Waals surface area (Å²) >= 11 is 5.69. The largest absolute Gasteiger partial charge is 0.491 e. The Kier molecular flexibility index (Phi) is 8.90. The summed E-state index contributed by atoms with van der Waals surface area (Å²) in [6.45, 7) is 6.68. The van der Waals surface area contributed by atoms with Crippen molar-refractivity contribution in [1.82, 2.24) is 15.0 Å². The first-order valence-corrected chi connectivity index (χ1v) is 11.7. The molecule has 8 nitrogen and oxygen atoms in total. The standard InChI is InChI=1S/C25H32ClN3O5/c1-17-10-19(6-9-24(17)34-15-21(31)11-26)25(2,3)18-4-7-23(8-5-18)33-16-22(32)13-29-20(14-30)12-27-28-29/h4-10,12,21-22,30-32H,11,13-16H2,1-3H3/p+1. The third kappa shape index (κ3) is 6.48. The first-order chi connectivity index (χ1) is 16.2. The van der Waals surface area contributed by atoms with E-state index in [0.717, 1.165) is 22.4 Å². The topological polar surface area (TPSA) is 113 Å². The van der Waals surface area contributed by atoms with Gasteiger partial charge in [-0.05, 0) is 41.8 Å². The van der Waals surface area contributed by atoms with Gasteiger partial charge in [0.05, 0.1) is 30.9 Å². The van der Waals surface area contributed by atoms with E-state index in [1.807, 2.05) is 43.3 Å². The van der Waals surface area contributed by atoms with Crippen LogP contribution in [0.2, 0.25) is 0 Å². The van der Waals surface area contributed by atoms with Crippen molar-refractivity contribution in [1.29, 1.82) is 0 Å². The molecule has 0 saturated heterocycles. The summed E-state index contributed by atoms with van der Waals surface area (Å²) in [5.41, 5.74) is 3.57. The van der Waals surface area contributed by atoms with Gasteiger partial charge in [0, 0.05) is 5.41 Å². The van der Waals surface area contributed by atoms with Crippen LogP contribution in [-0.2, 0) is 18.6 Å². The second-order valence-electron chi connectivity index (χ2n) is 8.82. The molecule has 4 N–H and O–H groups in total. The molecule has 0 amide bonds. The Hall–Kier alpha value is -2.65. The molecular weight excluding hydrogens is 458 g/mol. The van der Waals surface area contributed by atoms with Crippen molar-refractivity contribution in [3.8, 4) is 11.5 Å². The molecular formula is C25H33ClN3O5+. The zero-order chi connectivity index (χ0) is 24.7. The van der Waals surface area contributed by atoms with Crippen LogP contribution in [0, 0.1) is 6.92 Å². The molecule has 9 heteroatoms. The number of aromatic nitrogens is 3. The van der Waals surface area contributed by atoms with Crippen molar-refractivity contribution in [2.24, 2.45) is 0 Å². The molecule has 34 heavy (non-hydrogen) atoms. The van der Waals surface area contributed by atoms with E-state index in [1.165, 1.54) is 10.9 Å². The van der Waals surface area contributed by atoms with E-state index in [4.69, 9.17) is 26.2 Å². The van der Waals surface area contributed by atoms with Gasteiger partial charge in [-0.3, -0.25) is 0 Å². The predicted molar refractivity (Wildman–Crippen MR) is 131 cm³/mol. The molecule has 0 aliphatic carbocycles. The van der Waals surface area contributed by atoms with Gasteiger partial charge < -0.3 is 24.8 Å². The Morgan fingerprint density at radius 3 is 2.44 bits per heavy atom. The maximum absolute atomic E-state index is 10.2. The average Bonchev–Trinajstić information content (AvgIpc) is 3.28. The number of ether oxygens (including phenoxy) is 2. The first-order valence-electron chi connectivity index (χ1n) is 11.1. The van der Waals surface area contributed by atoms with Crippen LogP contribution in [0.5, 0.6) is 11.5 Å². The Morgan fingerprint density at radius 2 is 1.79 bits per heavy atom. The summed E-state index contributed by atoms with van der Waals surface area (Å²) < 4.78 is 12.9. The van der Waals surface area contributed by atoms with Gasteiger partial charge in [0.1, 0.15) is 24.2 Å². The highest BCUT2D eigenvalue weighted by atomic mass is 35.5. The zero-order valence-corrected chi connectivity index (χ0v) is 20.5. The minimum Gasteiger partial charge on any atom is -0.491 e. The number of benzene rings is 2. The van der Waals surface area contributed by atoms with E-state index >= 15 is 0 Å². The molecule has 0 fully saturated rings. The van der Waals surface area contributed by atoms with Crippen molar-refractivity contribution >= 4 is 11.6 Å². The molecule has 1 heterocycles. The van der Waals surface area contributed by atoms with Crippen LogP contribution in [0.15, 0.2) is 48.7 Å². The molecule has 2 atom stereocenters. The smallest absolute Gasteiger partial charge is 0.202 e. The summed E-state index contributed by atoms with van der Waals surface area (Å²) in [6, 6.07) is 13.9. The minimum absolute atomic E-state index is 0.0943. The van der Waals surface area contributed by atoms with Crippen LogP contribution in [0.1, 0.15) is 36.2 Å². The maximum atomic E-state index is 10.2. The molecule has 0 spiro atoms. The predicted octanol–water partition coefficient (Wildman–Crippen LogP) is 2.56. The number of hydrogen-bond donors (Lipinski definition) is 2. The third-order valence-corrected chi connectivity index (χ3v) is 6.16. The molecule has 2 aromatic carbocycles. The Bertz CT molecular complexity index is 1050. The maximum Gasteiger partial charge on any atom is 0.202 e. The summed E-state index contributed by atoms with van der Waals surface area (Å²) in [5.74, 6) is 1.67. The normalized spacial score (nSPS) is 13.5.